The predicted octanol–water partition coefficient (Wildman–Crippen LogP) is 3.14. The van der Waals surface area contributed by atoms with E-state index in [1.165, 1.54) is 7.11 Å². The molecular formula is C14H15NO2S. The van der Waals surface area contributed by atoms with Crippen molar-refractivity contribution in [2.45, 2.75) is 11.9 Å². The van der Waals surface area contributed by atoms with Gasteiger partial charge in [0, 0.05) is 11.1 Å². The number of carbonyl (C=O) groups excluding carboxylic acids is 1. The van der Waals surface area contributed by atoms with Gasteiger partial charge >= 0.3 is 5.97 Å². The summed E-state index contributed by atoms with van der Waals surface area (Å²) in [5.74, 6) is 0.384. The van der Waals surface area contributed by atoms with Gasteiger partial charge in [0.15, 0.2) is 0 Å². The number of ether oxygens (including phenoxy) is 1. The lowest BCUT2D eigenvalue weighted by atomic mass is 10.2. The fraction of sp³-hybridized carbons (Fsp3) is 0.286. The summed E-state index contributed by atoms with van der Waals surface area (Å²) in [6.45, 7) is 1.86. The summed E-state index contributed by atoms with van der Waals surface area (Å²) in [5, 5.41) is 2.06. The number of esters is 1. The maximum Gasteiger partial charge on any atom is 0.309 e. The number of hydrogen-bond donors (Lipinski definition) is 0. The van der Waals surface area contributed by atoms with Crippen LogP contribution in [0, 0.1) is 5.92 Å². The highest BCUT2D eigenvalue weighted by molar-refractivity contribution is 7.99. The van der Waals surface area contributed by atoms with Gasteiger partial charge in [0.2, 0.25) is 0 Å². The molecule has 1 aromatic heterocycles. The van der Waals surface area contributed by atoms with Crippen LogP contribution in [0.5, 0.6) is 0 Å². The van der Waals surface area contributed by atoms with Crippen molar-refractivity contribution >= 4 is 28.6 Å². The average molecular weight is 261 g/mol. The summed E-state index contributed by atoms with van der Waals surface area (Å²) in [7, 11) is 1.41. The van der Waals surface area contributed by atoms with Crippen molar-refractivity contribution < 1.29 is 9.53 Å². The molecular weight excluding hydrogens is 246 g/mol. The minimum absolute atomic E-state index is 0.117. The van der Waals surface area contributed by atoms with Gasteiger partial charge in [0.05, 0.1) is 23.6 Å². The monoisotopic (exact) mass is 261 g/mol. The first-order valence-corrected chi connectivity index (χ1v) is 6.75. The Labute approximate surface area is 111 Å². The lowest BCUT2D eigenvalue weighted by Gasteiger charge is -2.08. The molecule has 1 heterocycles. The Morgan fingerprint density at radius 1 is 1.33 bits per heavy atom. The zero-order valence-electron chi connectivity index (χ0n) is 10.4. The first-order valence-electron chi connectivity index (χ1n) is 5.77. The Kier molecular flexibility index (Phi) is 4.20. The Balaban J connectivity index is 2.06. The van der Waals surface area contributed by atoms with Gasteiger partial charge < -0.3 is 4.74 Å². The first kappa shape index (κ1) is 12.9. The molecule has 1 atom stereocenters. The molecule has 0 aliphatic rings. The SMILES string of the molecule is COC(=O)C(C)CSc1ccc2ccccc2n1. The van der Waals surface area contributed by atoms with Crippen LogP contribution in [-0.2, 0) is 9.53 Å². The molecule has 3 nitrogen and oxygen atoms in total. The Morgan fingerprint density at radius 2 is 2.11 bits per heavy atom. The number of pyridine rings is 1. The van der Waals surface area contributed by atoms with Crippen molar-refractivity contribution in [1.29, 1.82) is 0 Å². The summed E-state index contributed by atoms with van der Waals surface area (Å²) in [5.41, 5.74) is 0.980. The zero-order valence-corrected chi connectivity index (χ0v) is 11.2. The van der Waals surface area contributed by atoms with Crippen LogP contribution in [0.4, 0.5) is 0 Å². The van der Waals surface area contributed by atoms with E-state index in [2.05, 4.69) is 4.98 Å². The molecule has 0 aliphatic carbocycles. The van der Waals surface area contributed by atoms with Crippen LogP contribution >= 0.6 is 11.8 Å². The van der Waals surface area contributed by atoms with Gasteiger partial charge in [0.25, 0.3) is 0 Å². The highest BCUT2D eigenvalue weighted by Crippen LogP contribution is 2.22. The fourth-order valence-corrected chi connectivity index (χ4v) is 2.49. The third-order valence-corrected chi connectivity index (χ3v) is 3.85. The van der Waals surface area contributed by atoms with Gasteiger partial charge in [-0.3, -0.25) is 4.79 Å². The molecule has 0 aliphatic heterocycles. The Morgan fingerprint density at radius 3 is 2.89 bits per heavy atom. The molecule has 2 rings (SSSR count). The smallest absolute Gasteiger partial charge is 0.309 e. The molecule has 0 saturated carbocycles. The molecule has 0 fully saturated rings. The van der Waals surface area contributed by atoms with E-state index in [0.29, 0.717) is 5.75 Å². The molecule has 0 bridgehead atoms. The molecule has 2 aromatic rings. The van der Waals surface area contributed by atoms with E-state index in [0.717, 1.165) is 15.9 Å². The van der Waals surface area contributed by atoms with Crippen molar-refractivity contribution in [2.75, 3.05) is 12.9 Å². The van der Waals surface area contributed by atoms with E-state index in [1.54, 1.807) is 11.8 Å². The molecule has 0 N–H and O–H groups in total. The highest BCUT2D eigenvalue weighted by atomic mass is 32.2. The standard InChI is InChI=1S/C14H15NO2S/c1-10(14(16)17-2)9-18-13-8-7-11-5-3-4-6-12(11)15-13/h3-8,10H,9H2,1-2H3. The number of aromatic nitrogens is 1. The molecule has 94 valence electrons. The molecule has 1 aromatic carbocycles. The van der Waals surface area contributed by atoms with E-state index in [1.807, 2.05) is 43.3 Å². The summed E-state index contributed by atoms with van der Waals surface area (Å²) in [6, 6.07) is 12.0. The van der Waals surface area contributed by atoms with Gasteiger partial charge in [-0.15, -0.1) is 11.8 Å². The van der Waals surface area contributed by atoms with Crippen LogP contribution in [-0.4, -0.2) is 23.8 Å². The topological polar surface area (TPSA) is 39.2 Å². The van der Waals surface area contributed by atoms with Gasteiger partial charge in [0.1, 0.15) is 0 Å². The van der Waals surface area contributed by atoms with Gasteiger partial charge in [-0.1, -0.05) is 31.2 Å². The molecule has 1 unspecified atom stereocenters. The van der Waals surface area contributed by atoms with E-state index in [9.17, 15) is 4.79 Å². The fourth-order valence-electron chi connectivity index (χ4n) is 1.61. The molecule has 0 amide bonds. The molecule has 0 saturated heterocycles. The van der Waals surface area contributed by atoms with Crippen molar-refractivity contribution in [3.05, 3.63) is 36.4 Å². The van der Waals surface area contributed by atoms with Gasteiger partial charge in [-0.05, 0) is 12.1 Å². The number of carbonyl (C=O) groups is 1. The number of methoxy groups -OCH3 is 1. The van der Waals surface area contributed by atoms with Crippen LogP contribution in [0.1, 0.15) is 6.92 Å². The second-order valence-electron chi connectivity index (χ2n) is 4.08. The number of benzene rings is 1. The Hall–Kier alpha value is -1.55. The highest BCUT2D eigenvalue weighted by Gasteiger charge is 2.13. The molecule has 0 spiro atoms. The second kappa shape index (κ2) is 5.87. The van der Waals surface area contributed by atoms with Crippen LogP contribution in [0.15, 0.2) is 41.4 Å². The quantitative estimate of drug-likeness (QED) is 0.626. The average Bonchev–Trinajstić information content (AvgIpc) is 2.43. The number of thioether (sulfide) groups is 1. The predicted molar refractivity (Wildman–Crippen MR) is 73.6 cm³/mol. The van der Waals surface area contributed by atoms with E-state index >= 15 is 0 Å². The minimum Gasteiger partial charge on any atom is -0.469 e. The largest absolute Gasteiger partial charge is 0.469 e. The number of nitrogens with zero attached hydrogens (tertiary/aromatic N) is 1. The first-order chi connectivity index (χ1) is 8.70. The molecule has 18 heavy (non-hydrogen) atoms. The maximum absolute atomic E-state index is 11.3. The lowest BCUT2D eigenvalue weighted by Crippen LogP contribution is -2.14. The van der Waals surface area contributed by atoms with Gasteiger partial charge in [-0.2, -0.15) is 0 Å². The minimum atomic E-state index is -0.178. The number of para-hydroxylation sites is 1. The maximum atomic E-state index is 11.3. The van der Waals surface area contributed by atoms with Crippen molar-refractivity contribution in [3.63, 3.8) is 0 Å². The van der Waals surface area contributed by atoms with Gasteiger partial charge in [-0.25, -0.2) is 4.98 Å². The molecule has 0 radical (unpaired) electrons. The van der Waals surface area contributed by atoms with E-state index < -0.39 is 0 Å². The second-order valence-corrected chi connectivity index (χ2v) is 5.12. The third kappa shape index (κ3) is 3.01. The number of hydrogen-bond acceptors (Lipinski definition) is 4. The van der Waals surface area contributed by atoms with E-state index in [4.69, 9.17) is 4.74 Å². The number of fused-ring (bicyclic) bond motifs is 1. The van der Waals surface area contributed by atoms with Crippen molar-refractivity contribution in [1.82, 2.24) is 4.98 Å². The van der Waals surface area contributed by atoms with E-state index in [-0.39, 0.29) is 11.9 Å². The lowest BCUT2D eigenvalue weighted by molar-refractivity contribution is -0.143. The Bertz CT molecular complexity index is 556. The third-order valence-electron chi connectivity index (χ3n) is 2.66. The molecule has 4 heteroatoms. The van der Waals surface area contributed by atoms with Crippen LogP contribution in [0.2, 0.25) is 0 Å². The summed E-state index contributed by atoms with van der Waals surface area (Å²) >= 11 is 1.58. The zero-order chi connectivity index (χ0) is 13.0. The van der Waals surface area contributed by atoms with Crippen LogP contribution in [0.25, 0.3) is 10.9 Å². The summed E-state index contributed by atoms with van der Waals surface area (Å²) < 4.78 is 4.70. The van der Waals surface area contributed by atoms with Crippen molar-refractivity contribution in [2.24, 2.45) is 5.92 Å². The van der Waals surface area contributed by atoms with Crippen LogP contribution in [0.3, 0.4) is 0 Å². The normalized spacial score (nSPS) is 12.3. The summed E-state index contributed by atoms with van der Waals surface area (Å²) in [6.07, 6.45) is 0. The van der Waals surface area contributed by atoms with Crippen molar-refractivity contribution in [3.8, 4) is 0 Å². The number of rotatable bonds is 4. The summed E-state index contributed by atoms with van der Waals surface area (Å²) in [4.78, 5) is 15.8. The van der Waals surface area contributed by atoms with Crippen LogP contribution < -0.4 is 0 Å².